The Kier molecular flexibility index (Phi) is 11.9. The van der Waals surface area contributed by atoms with Crippen LogP contribution in [0.5, 0.6) is 0 Å². The van der Waals surface area contributed by atoms with E-state index in [0.717, 1.165) is 0 Å². The zero-order valence-electron chi connectivity index (χ0n) is 19.3. The van der Waals surface area contributed by atoms with Crippen LogP contribution in [-0.2, 0) is 28.8 Å². The fourth-order valence-electron chi connectivity index (χ4n) is 3.27. The molecule has 1 aliphatic heterocycles. The zero-order valence-corrected chi connectivity index (χ0v) is 19.3. The van der Waals surface area contributed by atoms with Crippen molar-refractivity contribution in [1.82, 2.24) is 26.6 Å². The summed E-state index contributed by atoms with van der Waals surface area (Å²) in [5.41, 5.74) is 5.15. The number of primary amides is 1. The average Bonchev–Trinajstić information content (AvgIpc) is 3.18. The van der Waals surface area contributed by atoms with Gasteiger partial charge in [-0.2, -0.15) is 0 Å². The molecule has 34 heavy (non-hydrogen) atoms. The van der Waals surface area contributed by atoms with Crippen LogP contribution in [0.4, 0.5) is 0 Å². The molecule has 0 unspecified atom stereocenters. The van der Waals surface area contributed by atoms with Crippen LogP contribution >= 0.6 is 0 Å². The molecule has 14 nitrogen and oxygen atoms in total. The number of aliphatic hydroxyl groups is 1. The van der Waals surface area contributed by atoms with Crippen molar-refractivity contribution in [2.75, 3.05) is 19.6 Å². The molecule has 1 aliphatic rings. The van der Waals surface area contributed by atoms with E-state index in [9.17, 15) is 33.9 Å². The largest absolute Gasteiger partial charge is 0.480 e. The molecule has 0 spiro atoms. The molecule has 4 atom stereocenters. The van der Waals surface area contributed by atoms with Crippen LogP contribution in [0.25, 0.3) is 0 Å². The van der Waals surface area contributed by atoms with E-state index in [4.69, 9.17) is 10.8 Å². The van der Waals surface area contributed by atoms with Crippen LogP contribution < -0.4 is 32.3 Å². The molecule has 0 saturated carbocycles. The van der Waals surface area contributed by atoms with E-state index in [1.165, 1.54) is 0 Å². The lowest BCUT2D eigenvalue weighted by molar-refractivity contribution is -0.138. The maximum absolute atomic E-state index is 12.8. The van der Waals surface area contributed by atoms with Crippen LogP contribution in [0.3, 0.4) is 0 Å². The Morgan fingerprint density at radius 3 is 2.21 bits per heavy atom. The van der Waals surface area contributed by atoms with Gasteiger partial charge in [0.15, 0.2) is 0 Å². The van der Waals surface area contributed by atoms with E-state index in [1.54, 1.807) is 13.8 Å². The van der Waals surface area contributed by atoms with Gasteiger partial charge in [0.2, 0.25) is 29.5 Å². The maximum atomic E-state index is 12.8. The van der Waals surface area contributed by atoms with Gasteiger partial charge in [0.1, 0.15) is 18.6 Å². The predicted molar refractivity (Wildman–Crippen MR) is 118 cm³/mol. The SMILES string of the molecule is CC(C)C[C@@H](NC(=O)[C@H](CCC(N)=O)NC(=O)CNC(=O)[C@@H]1C[C@@H](O)CN1)C(=O)NCC(=O)O. The fourth-order valence-corrected chi connectivity index (χ4v) is 3.27. The van der Waals surface area contributed by atoms with Gasteiger partial charge in [-0.25, -0.2) is 0 Å². The Balaban J connectivity index is 2.76. The standard InChI is InChI=1S/C20H34N6O8/c1-10(2)5-14(19(33)24-9-17(30)31)26-20(34)12(3-4-15(21)28)25-16(29)8-23-18(32)13-6-11(27)7-22-13/h10-14,22,27H,3-9H2,1-2H3,(H2,21,28)(H,23,32)(H,24,33)(H,25,29)(H,26,34)(H,30,31)/t11-,12+,13+,14-/m1/s1. The number of hydrogen-bond donors (Lipinski definition) is 8. The van der Waals surface area contributed by atoms with Crippen molar-refractivity contribution < 1.29 is 39.0 Å². The van der Waals surface area contributed by atoms with Crippen LogP contribution in [-0.4, -0.2) is 89.6 Å². The molecule has 1 fully saturated rings. The highest BCUT2D eigenvalue weighted by atomic mass is 16.4. The third kappa shape index (κ3) is 11.0. The van der Waals surface area contributed by atoms with Crippen molar-refractivity contribution in [1.29, 1.82) is 0 Å². The molecular formula is C20H34N6O8. The third-order valence-corrected chi connectivity index (χ3v) is 4.93. The highest BCUT2D eigenvalue weighted by Crippen LogP contribution is 2.07. The summed E-state index contributed by atoms with van der Waals surface area (Å²) in [5, 5.41) is 30.5. The molecule has 0 radical (unpaired) electrons. The normalized spacial score (nSPS) is 19.1. The number of β-amino-alcohol motifs (C(OH)–C–C–N with tert-alkyl or cyclic N) is 1. The quantitative estimate of drug-likeness (QED) is 0.121. The molecule has 1 heterocycles. The lowest BCUT2D eigenvalue weighted by atomic mass is 10.0. The molecule has 1 saturated heterocycles. The molecule has 192 valence electrons. The second kappa shape index (κ2) is 14.1. The predicted octanol–water partition coefficient (Wildman–Crippen LogP) is -3.69. The third-order valence-electron chi connectivity index (χ3n) is 4.93. The Morgan fingerprint density at radius 1 is 1.00 bits per heavy atom. The van der Waals surface area contributed by atoms with Crippen molar-refractivity contribution >= 4 is 35.5 Å². The number of aliphatic hydroxyl groups excluding tert-OH is 1. The summed E-state index contributed by atoms with van der Waals surface area (Å²) >= 11 is 0. The van der Waals surface area contributed by atoms with Crippen LogP contribution in [0.15, 0.2) is 0 Å². The summed E-state index contributed by atoms with van der Waals surface area (Å²) in [6.45, 7) is 2.78. The van der Waals surface area contributed by atoms with E-state index < -0.39 is 72.8 Å². The number of carboxylic acids is 1. The molecule has 0 aromatic rings. The van der Waals surface area contributed by atoms with Gasteiger partial charge in [0, 0.05) is 13.0 Å². The topological polar surface area (TPSA) is 229 Å². The Morgan fingerprint density at radius 2 is 1.68 bits per heavy atom. The highest BCUT2D eigenvalue weighted by Gasteiger charge is 2.30. The summed E-state index contributed by atoms with van der Waals surface area (Å²) in [6.07, 6.45) is -0.628. The van der Waals surface area contributed by atoms with Gasteiger partial charge < -0.3 is 42.5 Å². The number of nitrogens with two attached hydrogens (primary N) is 1. The summed E-state index contributed by atoms with van der Waals surface area (Å²) in [7, 11) is 0. The van der Waals surface area contributed by atoms with E-state index in [1.807, 2.05) is 0 Å². The second-order valence-electron chi connectivity index (χ2n) is 8.50. The van der Waals surface area contributed by atoms with Gasteiger partial charge in [-0.1, -0.05) is 13.8 Å². The number of carboxylic acid groups (broad SMARTS) is 1. The Labute approximate surface area is 196 Å². The Bertz CT molecular complexity index is 774. The maximum Gasteiger partial charge on any atom is 0.322 e. The van der Waals surface area contributed by atoms with Crippen molar-refractivity contribution in [2.24, 2.45) is 11.7 Å². The van der Waals surface area contributed by atoms with E-state index >= 15 is 0 Å². The van der Waals surface area contributed by atoms with Gasteiger partial charge in [0.25, 0.3) is 0 Å². The smallest absolute Gasteiger partial charge is 0.322 e. The van der Waals surface area contributed by atoms with Crippen LogP contribution in [0.1, 0.15) is 39.5 Å². The fraction of sp³-hybridized carbons (Fsp3) is 0.700. The molecule has 1 rings (SSSR count). The first-order chi connectivity index (χ1) is 15.9. The first-order valence-electron chi connectivity index (χ1n) is 11.0. The first kappa shape index (κ1) is 28.8. The van der Waals surface area contributed by atoms with E-state index in [0.29, 0.717) is 0 Å². The zero-order chi connectivity index (χ0) is 25.8. The van der Waals surface area contributed by atoms with Crippen molar-refractivity contribution in [3.63, 3.8) is 0 Å². The number of carbonyl (C=O) groups excluding carboxylic acids is 5. The number of hydrogen-bond acceptors (Lipinski definition) is 8. The number of nitrogens with one attached hydrogen (secondary N) is 5. The summed E-state index contributed by atoms with van der Waals surface area (Å²) in [4.78, 5) is 71.5. The van der Waals surface area contributed by atoms with Crippen molar-refractivity contribution in [3.8, 4) is 0 Å². The molecule has 9 N–H and O–H groups in total. The number of rotatable bonds is 14. The minimum absolute atomic E-state index is 0.0301. The monoisotopic (exact) mass is 486 g/mol. The van der Waals surface area contributed by atoms with Crippen molar-refractivity contribution in [2.45, 2.75) is 63.8 Å². The first-order valence-corrected chi connectivity index (χ1v) is 11.0. The number of aliphatic carboxylic acids is 1. The van der Waals surface area contributed by atoms with Crippen molar-refractivity contribution in [3.05, 3.63) is 0 Å². The van der Waals surface area contributed by atoms with Gasteiger partial charge in [-0.3, -0.25) is 28.8 Å². The molecular weight excluding hydrogens is 452 g/mol. The van der Waals surface area contributed by atoms with Gasteiger partial charge in [-0.15, -0.1) is 0 Å². The number of amides is 5. The molecule has 14 heteroatoms. The van der Waals surface area contributed by atoms with Crippen LogP contribution in [0, 0.1) is 5.92 Å². The molecule has 0 aromatic carbocycles. The number of carbonyl (C=O) groups is 6. The average molecular weight is 487 g/mol. The molecule has 0 aliphatic carbocycles. The highest BCUT2D eigenvalue weighted by molar-refractivity contribution is 5.94. The summed E-state index contributed by atoms with van der Waals surface area (Å²) < 4.78 is 0. The Hall–Kier alpha value is -3.26. The minimum atomic E-state index is -1.25. The van der Waals surface area contributed by atoms with E-state index in [2.05, 4.69) is 26.6 Å². The molecule has 0 bridgehead atoms. The summed E-state index contributed by atoms with van der Waals surface area (Å²) in [6, 6.07) is -2.94. The lowest BCUT2D eigenvalue weighted by Gasteiger charge is -2.24. The molecule has 5 amide bonds. The van der Waals surface area contributed by atoms with E-state index in [-0.39, 0.29) is 38.1 Å². The minimum Gasteiger partial charge on any atom is -0.480 e. The van der Waals surface area contributed by atoms with Gasteiger partial charge >= 0.3 is 5.97 Å². The molecule has 0 aromatic heterocycles. The lowest BCUT2D eigenvalue weighted by Crippen LogP contribution is -2.55. The van der Waals surface area contributed by atoms with Crippen LogP contribution in [0.2, 0.25) is 0 Å². The van der Waals surface area contributed by atoms with Gasteiger partial charge in [-0.05, 0) is 25.2 Å². The second-order valence-corrected chi connectivity index (χ2v) is 8.50. The van der Waals surface area contributed by atoms with Gasteiger partial charge in [0.05, 0.1) is 18.7 Å². The summed E-state index contributed by atoms with van der Waals surface area (Å²) in [5.74, 6) is -4.66.